The van der Waals surface area contributed by atoms with Crippen molar-refractivity contribution in [3.63, 3.8) is 0 Å². The van der Waals surface area contributed by atoms with E-state index in [1.165, 1.54) is 44.6 Å². The van der Waals surface area contributed by atoms with Crippen LogP contribution in [0.3, 0.4) is 0 Å². The van der Waals surface area contributed by atoms with Crippen molar-refractivity contribution in [2.45, 2.75) is 90.9 Å². The zero-order valence-electron chi connectivity index (χ0n) is 26.4. The lowest BCUT2D eigenvalue weighted by Gasteiger charge is -2.35. The summed E-state index contributed by atoms with van der Waals surface area (Å²) in [5, 5.41) is 0. The molecule has 0 saturated heterocycles. The Hall–Kier alpha value is -3.27. The summed E-state index contributed by atoms with van der Waals surface area (Å²) in [6, 6.07) is 15.7. The molecule has 0 aromatic heterocycles. The van der Waals surface area contributed by atoms with Gasteiger partial charge in [0.05, 0.1) is 6.61 Å². The fourth-order valence-electron chi connectivity index (χ4n) is 7.17. The van der Waals surface area contributed by atoms with E-state index in [4.69, 9.17) is 4.74 Å². The highest BCUT2D eigenvalue weighted by molar-refractivity contribution is 5.74. The maximum atomic E-state index is 15.4. The molecule has 0 radical (unpaired) electrons. The summed E-state index contributed by atoms with van der Waals surface area (Å²) in [5.41, 5.74) is 4.15. The predicted octanol–water partition coefficient (Wildman–Crippen LogP) is 12.4. The fourth-order valence-corrected chi connectivity index (χ4v) is 7.17. The fraction of sp³-hybridized carbons (Fsp3) is 0.450. The molecule has 2 aliphatic carbocycles. The van der Waals surface area contributed by atoms with Crippen LogP contribution in [0.1, 0.15) is 96.5 Å². The summed E-state index contributed by atoms with van der Waals surface area (Å²) >= 11 is 0. The third-order valence-electron chi connectivity index (χ3n) is 9.88. The summed E-state index contributed by atoms with van der Waals surface area (Å²) in [6.45, 7) is 4.54. The molecular weight excluding hydrogens is 553 g/mol. The molecule has 44 heavy (non-hydrogen) atoms. The van der Waals surface area contributed by atoms with E-state index in [2.05, 4.69) is 32.1 Å². The smallest absolute Gasteiger partial charge is 0.201 e. The zero-order valence-corrected chi connectivity index (χ0v) is 26.4. The molecule has 2 aliphatic rings. The van der Waals surface area contributed by atoms with E-state index in [0.717, 1.165) is 73.0 Å². The van der Waals surface area contributed by atoms with Crippen LogP contribution in [0.4, 0.5) is 13.2 Å². The van der Waals surface area contributed by atoms with Gasteiger partial charge in [-0.05, 0) is 117 Å². The van der Waals surface area contributed by atoms with Gasteiger partial charge in [-0.25, -0.2) is 8.78 Å². The number of rotatable bonds is 12. The predicted molar refractivity (Wildman–Crippen MR) is 177 cm³/mol. The Bertz CT molecular complexity index is 1430. The number of halogens is 3. The molecule has 0 N–H and O–H groups in total. The van der Waals surface area contributed by atoms with Crippen molar-refractivity contribution >= 4 is 5.57 Å². The largest absolute Gasteiger partial charge is 0.490 e. The van der Waals surface area contributed by atoms with Crippen LogP contribution in [0, 0.1) is 35.2 Å². The zero-order chi connectivity index (χ0) is 30.9. The van der Waals surface area contributed by atoms with E-state index in [0.29, 0.717) is 17.7 Å². The summed E-state index contributed by atoms with van der Waals surface area (Å²) in [4.78, 5) is 0. The lowest BCUT2D eigenvalue weighted by atomic mass is 9.70. The van der Waals surface area contributed by atoms with Gasteiger partial charge >= 0.3 is 0 Å². The van der Waals surface area contributed by atoms with Crippen molar-refractivity contribution in [3.05, 3.63) is 95.8 Å². The summed E-state index contributed by atoms with van der Waals surface area (Å²) < 4.78 is 50.4. The van der Waals surface area contributed by atoms with Crippen molar-refractivity contribution in [3.8, 4) is 28.0 Å². The molecule has 5 rings (SSSR count). The molecule has 1 nitrogen and oxygen atoms in total. The molecule has 0 bridgehead atoms. The molecule has 234 valence electrons. The summed E-state index contributed by atoms with van der Waals surface area (Å²) in [5.74, 6) is 0.273. The number of ether oxygens (including phenoxy) is 1. The van der Waals surface area contributed by atoms with E-state index in [9.17, 15) is 8.78 Å². The molecule has 3 aromatic carbocycles. The first-order chi connectivity index (χ1) is 21.5. The first-order valence-electron chi connectivity index (χ1n) is 16.8. The Morgan fingerprint density at radius 1 is 0.773 bits per heavy atom. The van der Waals surface area contributed by atoms with Gasteiger partial charge in [0.15, 0.2) is 11.6 Å². The minimum absolute atomic E-state index is 0.0588. The number of hydrogen-bond donors (Lipinski definition) is 0. The van der Waals surface area contributed by atoms with Crippen LogP contribution in [-0.2, 0) is 0 Å². The monoisotopic (exact) mass is 600 g/mol. The maximum absolute atomic E-state index is 15.4. The van der Waals surface area contributed by atoms with Gasteiger partial charge in [0, 0.05) is 11.1 Å². The molecule has 3 aromatic rings. The van der Waals surface area contributed by atoms with Gasteiger partial charge in [0.2, 0.25) is 5.82 Å². The molecule has 1 fully saturated rings. The molecule has 0 aliphatic heterocycles. The van der Waals surface area contributed by atoms with E-state index in [1.807, 2.05) is 24.3 Å². The Labute approximate surface area is 262 Å². The van der Waals surface area contributed by atoms with Crippen molar-refractivity contribution < 1.29 is 17.9 Å². The first-order valence-corrected chi connectivity index (χ1v) is 16.8. The van der Waals surface area contributed by atoms with Crippen molar-refractivity contribution in [2.75, 3.05) is 6.61 Å². The van der Waals surface area contributed by atoms with Crippen LogP contribution < -0.4 is 4.74 Å². The highest BCUT2D eigenvalue weighted by Crippen LogP contribution is 2.43. The molecule has 0 heterocycles. The molecule has 4 heteroatoms. The van der Waals surface area contributed by atoms with Gasteiger partial charge in [-0.1, -0.05) is 87.2 Å². The van der Waals surface area contributed by atoms with Crippen LogP contribution in [-0.4, -0.2) is 6.61 Å². The lowest BCUT2D eigenvalue weighted by molar-refractivity contribution is 0.190. The SMILES string of the molecule is C/C=C/CCC1CCC(C2CC=C(c3ccc(-c4ccc(-c5ccc(OCCCCC)c(F)c5F)cc4)cc3F)CC2)CC1. The molecule has 1 unspecified atom stereocenters. The summed E-state index contributed by atoms with van der Waals surface area (Å²) in [6.07, 6.45) is 20.6. The van der Waals surface area contributed by atoms with Crippen LogP contribution in [0.5, 0.6) is 5.75 Å². The number of allylic oxidation sites excluding steroid dienone is 4. The van der Waals surface area contributed by atoms with Gasteiger partial charge in [0.25, 0.3) is 0 Å². The van der Waals surface area contributed by atoms with E-state index >= 15 is 4.39 Å². The van der Waals surface area contributed by atoms with Gasteiger partial charge in [0.1, 0.15) is 5.82 Å². The molecular formula is C40H47F3O. The quantitative estimate of drug-likeness (QED) is 0.148. The van der Waals surface area contributed by atoms with E-state index < -0.39 is 11.6 Å². The van der Waals surface area contributed by atoms with Crippen molar-refractivity contribution in [2.24, 2.45) is 17.8 Å². The standard InChI is InChI=1S/C40H47F3O/c1-3-5-7-9-28-10-12-29(13-11-28)30-14-18-32(19-15-30)35-23-22-34(27-37(35)41)31-16-20-33(21-17-31)36-24-25-38(40(43)39(36)42)44-26-8-6-4-2/h3,5,16-18,20-25,27-30H,4,6-15,19,26H2,1-2H3/b5-3+. The number of unbranched alkanes of at least 4 members (excludes halogenated alkanes) is 2. The second kappa shape index (κ2) is 15.6. The van der Waals surface area contributed by atoms with Crippen molar-refractivity contribution in [1.29, 1.82) is 0 Å². The van der Waals surface area contributed by atoms with Crippen molar-refractivity contribution in [1.82, 2.24) is 0 Å². The topological polar surface area (TPSA) is 9.23 Å². The highest BCUT2D eigenvalue weighted by Gasteiger charge is 2.29. The van der Waals surface area contributed by atoms with E-state index in [-0.39, 0.29) is 17.1 Å². The Morgan fingerprint density at radius 2 is 1.50 bits per heavy atom. The van der Waals surface area contributed by atoms with Gasteiger partial charge in [-0.3, -0.25) is 0 Å². The first kappa shape index (κ1) is 32.1. The maximum Gasteiger partial charge on any atom is 0.201 e. The average Bonchev–Trinajstić information content (AvgIpc) is 3.06. The molecule has 1 atom stereocenters. The van der Waals surface area contributed by atoms with Crippen LogP contribution in [0.2, 0.25) is 0 Å². The van der Waals surface area contributed by atoms with E-state index in [1.54, 1.807) is 24.3 Å². The second-order valence-electron chi connectivity index (χ2n) is 12.8. The molecule has 0 amide bonds. The molecule has 0 spiro atoms. The molecule has 1 saturated carbocycles. The highest BCUT2D eigenvalue weighted by atomic mass is 19.2. The Morgan fingerprint density at radius 3 is 2.18 bits per heavy atom. The normalized spacial score (nSPS) is 20.6. The summed E-state index contributed by atoms with van der Waals surface area (Å²) in [7, 11) is 0. The Kier molecular flexibility index (Phi) is 11.4. The minimum atomic E-state index is -0.966. The Balaban J connectivity index is 1.19. The third-order valence-corrected chi connectivity index (χ3v) is 9.88. The van der Waals surface area contributed by atoms with Crippen LogP contribution in [0.15, 0.2) is 72.8 Å². The lowest BCUT2D eigenvalue weighted by Crippen LogP contribution is -2.23. The van der Waals surface area contributed by atoms with Crippen LogP contribution >= 0.6 is 0 Å². The minimum Gasteiger partial charge on any atom is -0.490 e. The second-order valence-corrected chi connectivity index (χ2v) is 12.8. The van der Waals surface area contributed by atoms with Gasteiger partial charge in [-0.15, -0.1) is 0 Å². The van der Waals surface area contributed by atoms with Gasteiger partial charge < -0.3 is 4.74 Å². The number of hydrogen-bond acceptors (Lipinski definition) is 1. The third kappa shape index (κ3) is 7.86. The number of benzene rings is 3. The average molecular weight is 601 g/mol. The van der Waals surface area contributed by atoms with Gasteiger partial charge in [-0.2, -0.15) is 4.39 Å². The van der Waals surface area contributed by atoms with Crippen LogP contribution in [0.25, 0.3) is 27.8 Å².